The number of fused-ring (bicyclic) bond motifs is 2. The van der Waals surface area contributed by atoms with Gasteiger partial charge in [-0.15, -0.1) is 0 Å². The molecule has 0 atom stereocenters. The number of Topliss-reactive ketones (excluding diaryl/α,β-unsaturated/α-hetero) is 1. The predicted molar refractivity (Wildman–Crippen MR) is 111 cm³/mol. The largest absolute Gasteiger partial charge is 0.411 e. The standard InChI is InChI=1S/C22H33NO2Si/c1-22(2,3)26(5,6)25-15-18-12-17-13-19-16(14-20(17)23(18)4)10-8-7-9-11-21(19)24/h12-14H,7-11,15H2,1-6H3. The molecule has 3 rings (SSSR count). The monoisotopic (exact) mass is 371 g/mol. The smallest absolute Gasteiger partial charge is 0.192 e. The lowest BCUT2D eigenvalue weighted by Crippen LogP contribution is -2.40. The van der Waals surface area contributed by atoms with Crippen LogP contribution in [-0.2, 0) is 24.5 Å². The molecule has 142 valence electrons. The van der Waals surface area contributed by atoms with Crippen LogP contribution in [0.2, 0.25) is 18.1 Å². The molecule has 0 saturated carbocycles. The number of hydrogen-bond donors (Lipinski definition) is 0. The maximum Gasteiger partial charge on any atom is 0.192 e. The minimum atomic E-state index is -1.78. The van der Waals surface area contributed by atoms with E-state index >= 15 is 0 Å². The summed E-state index contributed by atoms with van der Waals surface area (Å²) in [6.45, 7) is 12.0. The number of nitrogens with zero attached hydrogens (tertiary/aromatic N) is 1. The van der Waals surface area contributed by atoms with Gasteiger partial charge >= 0.3 is 0 Å². The first-order valence-electron chi connectivity index (χ1n) is 9.88. The Kier molecular flexibility index (Phi) is 5.19. The van der Waals surface area contributed by atoms with Gasteiger partial charge in [0.25, 0.3) is 0 Å². The molecule has 0 N–H and O–H groups in total. The molecular formula is C22H33NO2Si. The Hall–Kier alpha value is -1.39. The maximum absolute atomic E-state index is 12.5. The molecule has 1 aliphatic rings. The van der Waals surface area contributed by atoms with Crippen molar-refractivity contribution >= 4 is 25.0 Å². The lowest BCUT2D eigenvalue weighted by Gasteiger charge is -2.36. The van der Waals surface area contributed by atoms with Crippen molar-refractivity contribution < 1.29 is 9.22 Å². The van der Waals surface area contributed by atoms with E-state index < -0.39 is 8.32 Å². The minimum absolute atomic E-state index is 0.208. The topological polar surface area (TPSA) is 31.2 Å². The van der Waals surface area contributed by atoms with Crippen molar-refractivity contribution in [1.29, 1.82) is 0 Å². The van der Waals surface area contributed by atoms with Gasteiger partial charge in [0.1, 0.15) is 0 Å². The van der Waals surface area contributed by atoms with Gasteiger partial charge in [-0.1, -0.05) is 27.2 Å². The van der Waals surface area contributed by atoms with Crippen LogP contribution in [-0.4, -0.2) is 18.7 Å². The van der Waals surface area contributed by atoms with E-state index in [1.165, 1.54) is 23.2 Å². The summed E-state index contributed by atoms with van der Waals surface area (Å²) in [5.41, 5.74) is 4.57. The number of aromatic nitrogens is 1. The Morgan fingerprint density at radius 1 is 1.08 bits per heavy atom. The van der Waals surface area contributed by atoms with Crippen LogP contribution in [0.4, 0.5) is 0 Å². The van der Waals surface area contributed by atoms with E-state index in [9.17, 15) is 4.79 Å². The fourth-order valence-electron chi connectivity index (χ4n) is 3.47. The summed E-state index contributed by atoms with van der Waals surface area (Å²) in [6, 6.07) is 6.56. The SMILES string of the molecule is Cn1c(CO[Si](C)(C)C(C)(C)C)cc2cc3c(cc21)CCCCCC3=O. The van der Waals surface area contributed by atoms with Crippen LogP contribution in [0.1, 0.15) is 68.1 Å². The average Bonchev–Trinajstić information content (AvgIpc) is 2.85. The third-order valence-corrected chi connectivity index (χ3v) is 10.9. The van der Waals surface area contributed by atoms with E-state index in [0.29, 0.717) is 18.8 Å². The molecule has 0 radical (unpaired) electrons. The molecule has 1 aromatic carbocycles. The summed E-state index contributed by atoms with van der Waals surface area (Å²) < 4.78 is 8.67. The van der Waals surface area contributed by atoms with Gasteiger partial charge in [0, 0.05) is 35.6 Å². The quantitative estimate of drug-likeness (QED) is 0.620. The Balaban J connectivity index is 1.94. The lowest BCUT2D eigenvalue weighted by atomic mass is 9.91. The van der Waals surface area contributed by atoms with E-state index in [2.05, 4.69) is 63.7 Å². The predicted octanol–water partition coefficient (Wildman–Crippen LogP) is 6.00. The molecule has 0 amide bonds. The highest BCUT2D eigenvalue weighted by molar-refractivity contribution is 6.74. The molecule has 0 spiro atoms. The first-order chi connectivity index (χ1) is 12.1. The van der Waals surface area contributed by atoms with E-state index in [1.54, 1.807) is 0 Å². The Bertz CT molecular complexity index is 827. The summed E-state index contributed by atoms with van der Waals surface area (Å²) >= 11 is 0. The second kappa shape index (κ2) is 6.97. The van der Waals surface area contributed by atoms with E-state index in [0.717, 1.165) is 30.2 Å². The maximum atomic E-state index is 12.5. The molecule has 0 fully saturated rings. The van der Waals surface area contributed by atoms with Gasteiger partial charge in [-0.2, -0.15) is 0 Å². The number of rotatable bonds is 3. The van der Waals surface area contributed by atoms with Crippen molar-refractivity contribution in [2.45, 2.75) is 77.6 Å². The molecule has 0 aliphatic heterocycles. The van der Waals surface area contributed by atoms with Gasteiger partial charge in [0.15, 0.2) is 14.1 Å². The van der Waals surface area contributed by atoms with Crippen LogP contribution in [0.3, 0.4) is 0 Å². The molecule has 0 bridgehead atoms. The number of benzene rings is 1. The van der Waals surface area contributed by atoms with Crippen LogP contribution in [0.15, 0.2) is 18.2 Å². The first kappa shape index (κ1) is 19.4. The van der Waals surface area contributed by atoms with Crippen LogP contribution >= 0.6 is 0 Å². The van der Waals surface area contributed by atoms with Crippen LogP contribution in [0.25, 0.3) is 10.9 Å². The molecule has 1 heterocycles. The summed E-state index contributed by atoms with van der Waals surface area (Å²) in [4.78, 5) is 12.5. The molecule has 1 aromatic heterocycles. The molecule has 3 nitrogen and oxygen atoms in total. The van der Waals surface area contributed by atoms with E-state index in [-0.39, 0.29) is 5.04 Å². The van der Waals surface area contributed by atoms with Gasteiger partial charge in [-0.25, -0.2) is 0 Å². The fraction of sp³-hybridized carbons (Fsp3) is 0.591. The molecular weight excluding hydrogens is 338 g/mol. The van der Waals surface area contributed by atoms with Crippen molar-refractivity contribution in [2.75, 3.05) is 0 Å². The zero-order valence-corrected chi connectivity index (χ0v) is 18.2. The summed E-state index contributed by atoms with van der Waals surface area (Å²) in [7, 11) is 0.338. The fourth-order valence-corrected chi connectivity index (χ4v) is 4.42. The van der Waals surface area contributed by atoms with Gasteiger partial charge in [-0.05, 0) is 61.2 Å². The molecule has 0 unspecified atom stereocenters. The van der Waals surface area contributed by atoms with Gasteiger partial charge in [0.2, 0.25) is 0 Å². The van der Waals surface area contributed by atoms with E-state index in [4.69, 9.17) is 4.43 Å². The van der Waals surface area contributed by atoms with Gasteiger partial charge in [0.05, 0.1) is 6.61 Å². The normalized spacial score (nSPS) is 16.5. The number of ketones is 1. The molecule has 1 aliphatic carbocycles. The molecule has 26 heavy (non-hydrogen) atoms. The third kappa shape index (κ3) is 3.67. The zero-order chi connectivity index (χ0) is 19.1. The van der Waals surface area contributed by atoms with Gasteiger partial charge < -0.3 is 8.99 Å². The second-order valence-corrected chi connectivity index (χ2v) is 14.1. The number of aryl methyl sites for hydroxylation is 2. The van der Waals surface area contributed by atoms with Crippen molar-refractivity contribution in [1.82, 2.24) is 4.57 Å². The Morgan fingerprint density at radius 2 is 1.77 bits per heavy atom. The Morgan fingerprint density at radius 3 is 2.46 bits per heavy atom. The second-order valence-electron chi connectivity index (χ2n) is 9.30. The zero-order valence-electron chi connectivity index (χ0n) is 17.2. The third-order valence-electron chi connectivity index (χ3n) is 6.40. The van der Waals surface area contributed by atoms with Crippen LogP contribution in [0.5, 0.6) is 0 Å². The van der Waals surface area contributed by atoms with Crippen molar-refractivity contribution in [3.8, 4) is 0 Å². The first-order valence-corrected chi connectivity index (χ1v) is 12.8. The van der Waals surface area contributed by atoms with Crippen molar-refractivity contribution in [2.24, 2.45) is 7.05 Å². The lowest BCUT2D eigenvalue weighted by molar-refractivity contribution is 0.0976. The molecule has 2 aromatic rings. The molecule has 4 heteroatoms. The minimum Gasteiger partial charge on any atom is -0.411 e. The number of carbonyl (C=O) groups is 1. The van der Waals surface area contributed by atoms with Crippen LogP contribution in [0, 0.1) is 0 Å². The highest BCUT2D eigenvalue weighted by atomic mass is 28.4. The van der Waals surface area contributed by atoms with Crippen molar-refractivity contribution in [3.05, 3.63) is 35.0 Å². The average molecular weight is 372 g/mol. The Labute approximate surface area is 158 Å². The molecule has 0 saturated heterocycles. The highest BCUT2D eigenvalue weighted by Gasteiger charge is 2.37. The summed E-state index contributed by atoms with van der Waals surface area (Å²) in [6.07, 6.45) is 5.06. The van der Waals surface area contributed by atoms with Crippen LogP contribution < -0.4 is 0 Å². The summed E-state index contributed by atoms with van der Waals surface area (Å²) in [5, 5.41) is 1.37. The highest BCUT2D eigenvalue weighted by Crippen LogP contribution is 2.37. The summed E-state index contributed by atoms with van der Waals surface area (Å²) in [5.74, 6) is 0.310. The number of carbonyl (C=O) groups excluding carboxylic acids is 1. The van der Waals surface area contributed by atoms with Crippen molar-refractivity contribution in [3.63, 3.8) is 0 Å². The van der Waals surface area contributed by atoms with Gasteiger partial charge in [-0.3, -0.25) is 4.79 Å². The number of hydrogen-bond acceptors (Lipinski definition) is 2. The van der Waals surface area contributed by atoms with E-state index in [1.807, 2.05) is 0 Å².